The molecule has 1 aromatic carbocycles. The average Bonchev–Trinajstić information content (AvgIpc) is 2.19. The summed E-state index contributed by atoms with van der Waals surface area (Å²) in [4.78, 5) is 8.89. The van der Waals surface area contributed by atoms with Crippen LogP contribution in [0.2, 0.25) is 0 Å². The van der Waals surface area contributed by atoms with Gasteiger partial charge in [-0.05, 0) is 6.92 Å². The first-order valence-corrected chi connectivity index (χ1v) is 6.63. The summed E-state index contributed by atoms with van der Waals surface area (Å²) in [6.07, 6.45) is 0. The molecular weight excluding hydrogens is 277 g/mol. The van der Waals surface area contributed by atoms with Gasteiger partial charge in [-0.25, -0.2) is 8.42 Å². The van der Waals surface area contributed by atoms with E-state index in [2.05, 4.69) is 0 Å². The number of nitro groups is 1. The van der Waals surface area contributed by atoms with Crippen molar-refractivity contribution in [3.63, 3.8) is 0 Å². The molecule has 0 N–H and O–H groups in total. The van der Waals surface area contributed by atoms with Crippen molar-refractivity contribution in [2.24, 2.45) is 0 Å². The minimum atomic E-state index is -4.20. The first-order chi connectivity index (χ1) is 7.77. The third-order valence-electron chi connectivity index (χ3n) is 1.77. The molecule has 17 heavy (non-hydrogen) atoms. The van der Waals surface area contributed by atoms with E-state index in [4.69, 9.17) is 15.4 Å². The molecule has 9 heteroatoms. The maximum atomic E-state index is 13.5. The van der Waals surface area contributed by atoms with Gasteiger partial charge in [-0.2, -0.15) is 4.39 Å². The Morgan fingerprint density at radius 1 is 1.53 bits per heavy atom. The summed E-state index contributed by atoms with van der Waals surface area (Å²) in [6.45, 7) is 1.55. The molecule has 0 spiro atoms. The van der Waals surface area contributed by atoms with Crippen molar-refractivity contribution >= 4 is 25.4 Å². The Morgan fingerprint density at radius 3 is 2.53 bits per heavy atom. The lowest BCUT2D eigenvalue weighted by atomic mass is 10.3. The largest absolute Gasteiger partial charge is 0.490 e. The van der Waals surface area contributed by atoms with Crippen molar-refractivity contribution in [1.82, 2.24) is 0 Å². The zero-order valence-electron chi connectivity index (χ0n) is 8.51. The van der Waals surface area contributed by atoms with E-state index in [0.29, 0.717) is 6.07 Å². The summed E-state index contributed by atoms with van der Waals surface area (Å²) in [7, 11) is 0.836. The average molecular weight is 284 g/mol. The second-order valence-electron chi connectivity index (χ2n) is 2.88. The molecule has 0 aliphatic rings. The molecule has 0 aromatic heterocycles. The Bertz CT molecular complexity index is 559. The number of hydrogen-bond donors (Lipinski definition) is 0. The maximum Gasteiger partial charge on any atom is 0.310 e. The quantitative estimate of drug-likeness (QED) is 0.479. The highest BCUT2D eigenvalue weighted by Gasteiger charge is 2.25. The van der Waals surface area contributed by atoms with Gasteiger partial charge in [0.25, 0.3) is 9.05 Å². The molecule has 6 nitrogen and oxygen atoms in total. The van der Waals surface area contributed by atoms with Crippen LogP contribution >= 0.6 is 10.7 Å². The topological polar surface area (TPSA) is 86.5 Å². The van der Waals surface area contributed by atoms with E-state index < -0.39 is 36.1 Å². The molecule has 0 bridgehead atoms. The minimum Gasteiger partial charge on any atom is -0.490 e. The van der Waals surface area contributed by atoms with E-state index in [1.807, 2.05) is 0 Å². The number of ether oxygens (including phenoxy) is 1. The summed E-state index contributed by atoms with van der Waals surface area (Å²) in [5.41, 5.74) is -1.00. The molecular formula is C8H7ClFNO5S. The van der Waals surface area contributed by atoms with Gasteiger partial charge in [0.2, 0.25) is 5.82 Å². The Balaban J connectivity index is 3.53. The van der Waals surface area contributed by atoms with Crippen LogP contribution in [-0.2, 0) is 9.05 Å². The zero-order valence-corrected chi connectivity index (χ0v) is 10.1. The Morgan fingerprint density at radius 2 is 2.12 bits per heavy atom. The molecule has 0 atom stereocenters. The van der Waals surface area contributed by atoms with Crippen molar-refractivity contribution in [2.75, 3.05) is 6.61 Å². The molecule has 1 rings (SSSR count). The van der Waals surface area contributed by atoms with Gasteiger partial charge in [-0.15, -0.1) is 0 Å². The fourth-order valence-electron chi connectivity index (χ4n) is 1.09. The van der Waals surface area contributed by atoms with Crippen LogP contribution in [0.25, 0.3) is 0 Å². The SMILES string of the molecule is CCOc1cc(S(=O)(=O)Cl)cc([N+](=O)[O-])c1F. The van der Waals surface area contributed by atoms with Crippen LogP contribution in [-0.4, -0.2) is 19.9 Å². The lowest BCUT2D eigenvalue weighted by Crippen LogP contribution is -2.02. The first kappa shape index (κ1) is 13.7. The normalized spacial score (nSPS) is 11.2. The van der Waals surface area contributed by atoms with Gasteiger partial charge in [0, 0.05) is 22.8 Å². The molecule has 0 heterocycles. The second kappa shape index (κ2) is 4.84. The highest BCUT2D eigenvalue weighted by Crippen LogP contribution is 2.31. The summed E-state index contributed by atoms with van der Waals surface area (Å²) in [6, 6.07) is 1.34. The fraction of sp³-hybridized carbons (Fsp3) is 0.250. The van der Waals surface area contributed by atoms with Gasteiger partial charge >= 0.3 is 5.69 Å². The van der Waals surface area contributed by atoms with Crippen molar-refractivity contribution in [1.29, 1.82) is 0 Å². The van der Waals surface area contributed by atoms with Gasteiger partial charge in [-0.3, -0.25) is 10.1 Å². The van der Waals surface area contributed by atoms with Crippen molar-refractivity contribution in [2.45, 2.75) is 11.8 Å². The number of benzene rings is 1. The number of nitrogens with zero attached hydrogens (tertiary/aromatic N) is 1. The van der Waals surface area contributed by atoms with Crippen LogP contribution in [0.1, 0.15) is 6.92 Å². The zero-order chi connectivity index (χ0) is 13.2. The van der Waals surface area contributed by atoms with E-state index in [0.717, 1.165) is 6.07 Å². The van der Waals surface area contributed by atoms with E-state index >= 15 is 0 Å². The van der Waals surface area contributed by atoms with E-state index in [-0.39, 0.29) is 6.61 Å². The maximum absolute atomic E-state index is 13.5. The lowest BCUT2D eigenvalue weighted by molar-refractivity contribution is -0.387. The molecule has 0 saturated carbocycles. The van der Waals surface area contributed by atoms with Crippen molar-refractivity contribution in [3.05, 3.63) is 28.1 Å². The number of rotatable bonds is 4. The number of hydrogen-bond acceptors (Lipinski definition) is 5. The summed E-state index contributed by atoms with van der Waals surface area (Å²) >= 11 is 0. The van der Waals surface area contributed by atoms with Gasteiger partial charge in [0.1, 0.15) is 0 Å². The molecule has 1 aromatic rings. The van der Waals surface area contributed by atoms with Gasteiger partial charge < -0.3 is 4.74 Å². The molecule has 94 valence electrons. The summed E-state index contributed by atoms with van der Waals surface area (Å²) in [5.74, 6) is -1.76. The van der Waals surface area contributed by atoms with E-state index in [1.165, 1.54) is 6.92 Å². The Hall–Kier alpha value is -1.41. The number of nitro benzene ring substituents is 1. The second-order valence-corrected chi connectivity index (χ2v) is 5.45. The molecule has 0 amide bonds. The predicted molar refractivity (Wildman–Crippen MR) is 57.3 cm³/mol. The minimum absolute atomic E-state index is 0.0276. The van der Waals surface area contributed by atoms with Crippen molar-refractivity contribution < 1.29 is 22.5 Å². The van der Waals surface area contributed by atoms with E-state index in [1.54, 1.807) is 0 Å². The highest BCUT2D eigenvalue weighted by molar-refractivity contribution is 8.13. The van der Waals surface area contributed by atoms with Gasteiger partial charge in [0.15, 0.2) is 5.75 Å². The van der Waals surface area contributed by atoms with Crippen LogP contribution in [0.5, 0.6) is 5.75 Å². The molecule has 0 saturated heterocycles. The van der Waals surface area contributed by atoms with Gasteiger partial charge in [0.05, 0.1) is 16.4 Å². The molecule has 0 radical (unpaired) electrons. The van der Waals surface area contributed by atoms with Crippen LogP contribution in [0.15, 0.2) is 17.0 Å². The number of halogens is 2. The lowest BCUT2D eigenvalue weighted by Gasteiger charge is -2.06. The molecule has 0 aliphatic heterocycles. The Kier molecular flexibility index (Phi) is 3.89. The van der Waals surface area contributed by atoms with Crippen LogP contribution in [0.4, 0.5) is 10.1 Å². The monoisotopic (exact) mass is 283 g/mol. The third kappa shape index (κ3) is 3.04. The summed E-state index contributed by atoms with van der Waals surface area (Å²) in [5, 5.41) is 10.5. The third-order valence-corrected chi connectivity index (χ3v) is 3.10. The van der Waals surface area contributed by atoms with E-state index in [9.17, 15) is 22.9 Å². The van der Waals surface area contributed by atoms with Crippen molar-refractivity contribution in [3.8, 4) is 5.75 Å². The molecule has 0 aliphatic carbocycles. The highest BCUT2D eigenvalue weighted by atomic mass is 35.7. The van der Waals surface area contributed by atoms with Crippen LogP contribution in [0.3, 0.4) is 0 Å². The standard InChI is InChI=1S/C8H7ClFNO5S/c1-2-16-7-4-5(17(9,14)15)3-6(8(7)10)11(12)13/h3-4H,2H2,1H3. The molecule has 0 fully saturated rings. The van der Waals surface area contributed by atoms with Gasteiger partial charge in [-0.1, -0.05) is 0 Å². The molecule has 0 unspecified atom stereocenters. The van der Waals surface area contributed by atoms with Crippen LogP contribution < -0.4 is 4.74 Å². The van der Waals surface area contributed by atoms with Crippen LogP contribution in [0, 0.1) is 15.9 Å². The smallest absolute Gasteiger partial charge is 0.310 e. The summed E-state index contributed by atoms with van der Waals surface area (Å²) < 4.78 is 40.3. The first-order valence-electron chi connectivity index (χ1n) is 4.32. The fourth-order valence-corrected chi connectivity index (χ4v) is 1.86. The predicted octanol–water partition coefficient (Wildman–Crippen LogP) is 2.06. The Labute approximate surface area is 101 Å².